The molecule has 3 rings (SSSR count). The second-order valence-corrected chi connectivity index (χ2v) is 6.56. The van der Waals surface area contributed by atoms with Gasteiger partial charge in [-0.1, -0.05) is 13.3 Å². The van der Waals surface area contributed by atoms with E-state index in [0.29, 0.717) is 0 Å². The monoisotopic (exact) mass is 236 g/mol. The molecule has 2 saturated carbocycles. The molecule has 1 heterocycles. The summed E-state index contributed by atoms with van der Waals surface area (Å²) in [5.41, 5.74) is 0. The standard InChI is InChI=1S/C15H28N2/c1-2-7-17-8-5-14(6-9-17)16-15-11-12-3-4-13(15)10-12/h12-16H,2-11H2,1H3. The first-order valence-electron chi connectivity index (χ1n) is 7.83. The SMILES string of the molecule is CCCN1CCC(NC2CC3CCC2C3)CC1. The van der Waals surface area contributed by atoms with E-state index in [4.69, 9.17) is 0 Å². The number of fused-ring (bicyclic) bond motifs is 2. The molecule has 98 valence electrons. The maximum absolute atomic E-state index is 3.99. The molecule has 3 unspecified atom stereocenters. The Bertz CT molecular complexity index is 245. The molecule has 1 aliphatic heterocycles. The van der Waals surface area contributed by atoms with E-state index in [1.54, 1.807) is 0 Å². The number of nitrogens with zero attached hydrogens (tertiary/aromatic N) is 1. The lowest BCUT2D eigenvalue weighted by molar-refractivity contribution is 0.181. The highest BCUT2D eigenvalue weighted by molar-refractivity contribution is 4.95. The van der Waals surface area contributed by atoms with Crippen molar-refractivity contribution in [3.63, 3.8) is 0 Å². The number of likely N-dealkylation sites (tertiary alicyclic amines) is 1. The lowest BCUT2D eigenvalue weighted by Gasteiger charge is -2.35. The fraction of sp³-hybridized carbons (Fsp3) is 1.00. The van der Waals surface area contributed by atoms with E-state index in [2.05, 4.69) is 17.1 Å². The Morgan fingerprint density at radius 2 is 1.88 bits per heavy atom. The Labute approximate surface area is 106 Å². The highest BCUT2D eigenvalue weighted by atomic mass is 15.1. The van der Waals surface area contributed by atoms with Gasteiger partial charge in [-0.25, -0.2) is 0 Å². The summed E-state index contributed by atoms with van der Waals surface area (Å²) in [6.07, 6.45) is 10.1. The summed E-state index contributed by atoms with van der Waals surface area (Å²) in [5, 5.41) is 3.99. The molecule has 0 spiro atoms. The van der Waals surface area contributed by atoms with Crippen LogP contribution in [0.2, 0.25) is 0 Å². The normalized spacial score (nSPS) is 39.0. The molecule has 0 aromatic carbocycles. The van der Waals surface area contributed by atoms with Gasteiger partial charge in [0.1, 0.15) is 0 Å². The highest BCUT2D eigenvalue weighted by Gasteiger charge is 2.40. The molecule has 0 aromatic heterocycles. The van der Waals surface area contributed by atoms with Gasteiger partial charge < -0.3 is 10.2 Å². The van der Waals surface area contributed by atoms with Gasteiger partial charge in [0.2, 0.25) is 0 Å². The predicted octanol–water partition coefficient (Wildman–Crippen LogP) is 2.64. The molecule has 17 heavy (non-hydrogen) atoms. The fourth-order valence-electron chi connectivity index (χ4n) is 4.39. The molecule has 3 atom stereocenters. The van der Waals surface area contributed by atoms with Crippen LogP contribution in [0.5, 0.6) is 0 Å². The van der Waals surface area contributed by atoms with Crippen LogP contribution in [-0.4, -0.2) is 36.6 Å². The lowest BCUT2D eigenvalue weighted by atomic mass is 9.93. The average Bonchev–Trinajstić information content (AvgIpc) is 2.94. The van der Waals surface area contributed by atoms with Crippen molar-refractivity contribution >= 4 is 0 Å². The van der Waals surface area contributed by atoms with Crippen LogP contribution in [0.4, 0.5) is 0 Å². The van der Waals surface area contributed by atoms with Crippen LogP contribution in [0, 0.1) is 11.8 Å². The molecule has 2 heteroatoms. The molecule has 1 N–H and O–H groups in total. The number of hydrogen-bond acceptors (Lipinski definition) is 2. The van der Waals surface area contributed by atoms with Crippen molar-refractivity contribution in [2.75, 3.05) is 19.6 Å². The zero-order valence-electron chi connectivity index (χ0n) is 11.3. The van der Waals surface area contributed by atoms with Crippen molar-refractivity contribution in [2.45, 2.75) is 64.0 Å². The van der Waals surface area contributed by atoms with Crippen molar-refractivity contribution in [1.82, 2.24) is 10.2 Å². The van der Waals surface area contributed by atoms with Gasteiger partial charge in [-0.3, -0.25) is 0 Å². The van der Waals surface area contributed by atoms with Crippen molar-refractivity contribution in [3.05, 3.63) is 0 Å². The van der Waals surface area contributed by atoms with Gasteiger partial charge in [0.25, 0.3) is 0 Å². The van der Waals surface area contributed by atoms with Crippen LogP contribution >= 0.6 is 0 Å². The fourth-order valence-corrected chi connectivity index (χ4v) is 4.39. The molecule has 3 aliphatic rings. The number of nitrogens with one attached hydrogen (secondary N) is 1. The van der Waals surface area contributed by atoms with Crippen LogP contribution in [0.1, 0.15) is 51.9 Å². The Morgan fingerprint density at radius 3 is 2.47 bits per heavy atom. The average molecular weight is 236 g/mol. The Morgan fingerprint density at radius 1 is 1.06 bits per heavy atom. The third-order valence-corrected chi connectivity index (χ3v) is 5.32. The van der Waals surface area contributed by atoms with Gasteiger partial charge >= 0.3 is 0 Å². The minimum atomic E-state index is 0.826. The van der Waals surface area contributed by atoms with Crippen LogP contribution in [-0.2, 0) is 0 Å². The maximum atomic E-state index is 3.99. The second-order valence-electron chi connectivity index (χ2n) is 6.56. The quantitative estimate of drug-likeness (QED) is 0.807. The largest absolute Gasteiger partial charge is 0.311 e. The second kappa shape index (κ2) is 5.27. The van der Waals surface area contributed by atoms with Crippen LogP contribution < -0.4 is 5.32 Å². The van der Waals surface area contributed by atoms with Crippen LogP contribution in [0.3, 0.4) is 0 Å². The summed E-state index contributed by atoms with van der Waals surface area (Å²) in [4.78, 5) is 2.64. The van der Waals surface area contributed by atoms with E-state index < -0.39 is 0 Å². The van der Waals surface area contributed by atoms with Gasteiger partial charge in [0, 0.05) is 12.1 Å². The molecule has 0 aromatic rings. The molecular formula is C15H28N2. The molecule has 3 fully saturated rings. The van der Waals surface area contributed by atoms with Crippen molar-refractivity contribution in [2.24, 2.45) is 11.8 Å². The van der Waals surface area contributed by atoms with E-state index >= 15 is 0 Å². The van der Waals surface area contributed by atoms with Crippen LogP contribution in [0.15, 0.2) is 0 Å². The zero-order chi connectivity index (χ0) is 11.7. The third kappa shape index (κ3) is 2.68. The van der Waals surface area contributed by atoms with E-state index in [0.717, 1.165) is 23.9 Å². The van der Waals surface area contributed by atoms with Gasteiger partial charge in [-0.15, -0.1) is 0 Å². The molecule has 1 saturated heterocycles. The molecule has 2 bridgehead atoms. The van der Waals surface area contributed by atoms with E-state index in [9.17, 15) is 0 Å². The summed E-state index contributed by atoms with van der Waals surface area (Å²) >= 11 is 0. The summed E-state index contributed by atoms with van der Waals surface area (Å²) < 4.78 is 0. The Balaban J connectivity index is 1.42. The summed E-state index contributed by atoms with van der Waals surface area (Å²) in [5.74, 6) is 2.12. The molecule has 0 amide bonds. The molecule has 2 aliphatic carbocycles. The molecular weight excluding hydrogens is 208 g/mol. The van der Waals surface area contributed by atoms with E-state index in [1.165, 1.54) is 64.6 Å². The van der Waals surface area contributed by atoms with Gasteiger partial charge in [-0.05, 0) is 70.0 Å². The first-order valence-corrected chi connectivity index (χ1v) is 7.83. The van der Waals surface area contributed by atoms with Crippen LogP contribution in [0.25, 0.3) is 0 Å². The number of piperidine rings is 1. The van der Waals surface area contributed by atoms with Crippen molar-refractivity contribution in [1.29, 1.82) is 0 Å². The zero-order valence-corrected chi connectivity index (χ0v) is 11.3. The number of hydrogen-bond donors (Lipinski definition) is 1. The molecule has 0 radical (unpaired) electrons. The van der Waals surface area contributed by atoms with E-state index in [1.807, 2.05) is 0 Å². The predicted molar refractivity (Wildman–Crippen MR) is 72.1 cm³/mol. The Hall–Kier alpha value is -0.0800. The summed E-state index contributed by atoms with van der Waals surface area (Å²) in [6.45, 7) is 6.25. The smallest absolute Gasteiger partial charge is 0.0101 e. The third-order valence-electron chi connectivity index (χ3n) is 5.32. The molecule has 2 nitrogen and oxygen atoms in total. The van der Waals surface area contributed by atoms with E-state index in [-0.39, 0.29) is 0 Å². The topological polar surface area (TPSA) is 15.3 Å². The first-order chi connectivity index (χ1) is 8.35. The Kier molecular flexibility index (Phi) is 3.72. The number of rotatable bonds is 4. The minimum Gasteiger partial charge on any atom is -0.311 e. The lowest BCUT2D eigenvalue weighted by Crippen LogP contribution is -2.47. The van der Waals surface area contributed by atoms with Gasteiger partial charge in [0.05, 0.1) is 0 Å². The summed E-state index contributed by atoms with van der Waals surface area (Å²) in [6, 6.07) is 1.71. The highest BCUT2D eigenvalue weighted by Crippen LogP contribution is 2.44. The van der Waals surface area contributed by atoms with Gasteiger partial charge in [0.15, 0.2) is 0 Å². The first kappa shape index (κ1) is 12.0. The summed E-state index contributed by atoms with van der Waals surface area (Å²) in [7, 11) is 0. The van der Waals surface area contributed by atoms with Gasteiger partial charge in [-0.2, -0.15) is 0 Å². The van der Waals surface area contributed by atoms with Crippen molar-refractivity contribution in [3.8, 4) is 0 Å². The van der Waals surface area contributed by atoms with Crippen molar-refractivity contribution < 1.29 is 0 Å². The minimum absolute atomic E-state index is 0.826. The maximum Gasteiger partial charge on any atom is 0.0101 e.